The second-order valence-corrected chi connectivity index (χ2v) is 4.10. The van der Waals surface area contributed by atoms with Gasteiger partial charge in [0.25, 0.3) is 0 Å². The lowest BCUT2D eigenvalue weighted by molar-refractivity contribution is -0.121. The van der Waals surface area contributed by atoms with Gasteiger partial charge in [-0.2, -0.15) is 0 Å². The minimum Gasteiger partial charge on any atom is -0.356 e. The van der Waals surface area contributed by atoms with E-state index in [2.05, 4.69) is 11.4 Å². The fourth-order valence-corrected chi connectivity index (χ4v) is 1.82. The van der Waals surface area contributed by atoms with Crippen LogP contribution < -0.4 is 11.1 Å². The SMILES string of the molecule is NCCCNC(=O)CCc1cccs1. The zero-order valence-electron chi connectivity index (χ0n) is 8.16. The minimum atomic E-state index is 0.117. The van der Waals surface area contributed by atoms with Crippen molar-refractivity contribution >= 4 is 17.2 Å². The van der Waals surface area contributed by atoms with Gasteiger partial charge in [0.05, 0.1) is 0 Å². The summed E-state index contributed by atoms with van der Waals surface area (Å²) in [7, 11) is 0. The van der Waals surface area contributed by atoms with E-state index in [1.54, 1.807) is 11.3 Å². The molecule has 0 aromatic carbocycles. The number of rotatable bonds is 6. The molecule has 0 spiro atoms. The second kappa shape index (κ2) is 6.56. The number of amides is 1. The van der Waals surface area contributed by atoms with Gasteiger partial charge in [-0.05, 0) is 30.8 Å². The third kappa shape index (κ3) is 4.39. The van der Waals surface area contributed by atoms with Crippen LogP contribution in [0, 0.1) is 0 Å². The smallest absolute Gasteiger partial charge is 0.220 e. The van der Waals surface area contributed by atoms with Crippen LogP contribution in [0.3, 0.4) is 0 Å². The Labute approximate surface area is 88.3 Å². The largest absolute Gasteiger partial charge is 0.356 e. The molecule has 1 heterocycles. The second-order valence-electron chi connectivity index (χ2n) is 3.07. The number of nitrogens with two attached hydrogens (primary N) is 1. The standard InChI is InChI=1S/C10H16N2OS/c11-6-2-7-12-10(13)5-4-9-3-1-8-14-9/h1,3,8H,2,4-7,11H2,(H,12,13). The Morgan fingerprint density at radius 3 is 3.07 bits per heavy atom. The average Bonchev–Trinajstić information content (AvgIpc) is 2.68. The quantitative estimate of drug-likeness (QED) is 0.695. The van der Waals surface area contributed by atoms with Gasteiger partial charge in [0, 0.05) is 17.8 Å². The third-order valence-corrected chi connectivity index (χ3v) is 2.82. The first-order chi connectivity index (χ1) is 6.83. The summed E-state index contributed by atoms with van der Waals surface area (Å²) in [6.07, 6.45) is 2.27. The van der Waals surface area contributed by atoms with Crippen LogP contribution in [0.1, 0.15) is 17.7 Å². The molecule has 0 unspecified atom stereocenters. The lowest BCUT2D eigenvalue weighted by Crippen LogP contribution is -2.25. The van der Waals surface area contributed by atoms with Crippen molar-refractivity contribution in [3.8, 4) is 0 Å². The number of nitrogens with one attached hydrogen (secondary N) is 1. The Morgan fingerprint density at radius 2 is 2.43 bits per heavy atom. The molecule has 1 amide bonds. The number of thiophene rings is 1. The number of carbonyl (C=O) groups is 1. The molecule has 0 saturated heterocycles. The molecule has 1 aromatic heterocycles. The summed E-state index contributed by atoms with van der Waals surface area (Å²) in [5, 5.41) is 4.86. The van der Waals surface area contributed by atoms with Crippen LogP contribution in [0.2, 0.25) is 0 Å². The van der Waals surface area contributed by atoms with E-state index in [1.807, 2.05) is 11.4 Å². The summed E-state index contributed by atoms with van der Waals surface area (Å²) in [5.74, 6) is 0.117. The lowest BCUT2D eigenvalue weighted by atomic mass is 10.2. The van der Waals surface area contributed by atoms with Crippen molar-refractivity contribution in [2.75, 3.05) is 13.1 Å². The molecule has 0 saturated carbocycles. The van der Waals surface area contributed by atoms with Crippen LogP contribution in [0.5, 0.6) is 0 Å². The molecule has 3 N–H and O–H groups in total. The highest BCUT2D eigenvalue weighted by Gasteiger charge is 2.01. The highest BCUT2D eigenvalue weighted by molar-refractivity contribution is 7.09. The van der Waals surface area contributed by atoms with Crippen molar-refractivity contribution in [3.63, 3.8) is 0 Å². The molecule has 0 aliphatic rings. The van der Waals surface area contributed by atoms with E-state index in [4.69, 9.17) is 5.73 Å². The molecular formula is C10H16N2OS. The normalized spacial score (nSPS) is 10.1. The molecule has 0 fully saturated rings. The van der Waals surface area contributed by atoms with Crippen LogP contribution in [0.4, 0.5) is 0 Å². The Bertz CT molecular complexity index is 259. The third-order valence-electron chi connectivity index (χ3n) is 1.88. The van der Waals surface area contributed by atoms with E-state index in [-0.39, 0.29) is 5.91 Å². The van der Waals surface area contributed by atoms with E-state index >= 15 is 0 Å². The molecule has 3 nitrogen and oxygen atoms in total. The number of hydrogen-bond donors (Lipinski definition) is 2. The first-order valence-electron chi connectivity index (χ1n) is 4.82. The van der Waals surface area contributed by atoms with E-state index in [0.29, 0.717) is 19.5 Å². The molecular weight excluding hydrogens is 196 g/mol. The van der Waals surface area contributed by atoms with Crippen molar-refractivity contribution < 1.29 is 4.79 Å². The summed E-state index contributed by atoms with van der Waals surface area (Å²) in [4.78, 5) is 12.5. The number of carbonyl (C=O) groups excluding carboxylic acids is 1. The van der Waals surface area contributed by atoms with Crippen molar-refractivity contribution in [1.82, 2.24) is 5.32 Å². The average molecular weight is 212 g/mol. The molecule has 0 bridgehead atoms. The molecule has 1 aromatic rings. The summed E-state index contributed by atoms with van der Waals surface area (Å²) in [5.41, 5.74) is 5.32. The van der Waals surface area contributed by atoms with E-state index in [1.165, 1.54) is 4.88 Å². The van der Waals surface area contributed by atoms with Crippen molar-refractivity contribution in [3.05, 3.63) is 22.4 Å². The number of aryl methyl sites for hydroxylation is 1. The zero-order valence-corrected chi connectivity index (χ0v) is 8.98. The van der Waals surface area contributed by atoms with Crippen LogP contribution in [-0.4, -0.2) is 19.0 Å². The fraction of sp³-hybridized carbons (Fsp3) is 0.500. The predicted molar refractivity (Wildman–Crippen MR) is 59.3 cm³/mol. The number of hydrogen-bond acceptors (Lipinski definition) is 3. The molecule has 1 rings (SSSR count). The van der Waals surface area contributed by atoms with Gasteiger partial charge >= 0.3 is 0 Å². The molecule has 0 aliphatic heterocycles. The Balaban J connectivity index is 2.09. The monoisotopic (exact) mass is 212 g/mol. The molecule has 78 valence electrons. The van der Waals surface area contributed by atoms with E-state index < -0.39 is 0 Å². The van der Waals surface area contributed by atoms with Gasteiger partial charge in [-0.3, -0.25) is 4.79 Å². The Hall–Kier alpha value is -0.870. The van der Waals surface area contributed by atoms with Crippen molar-refractivity contribution in [1.29, 1.82) is 0 Å². The van der Waals surface area contributed by atoms with Gasteiger partial charge in [0.1, 0.15) is 0 Å². The predicted octanol–water partition coefficient (Wildman–Crippen LogP) is 1.15. The maximum atomic E-state index is 11.3. The fourth-order valence-electron chi connectivity index (χ4n) is 1.11. The summed E-state index contributed by atoms with van der Waals surface area (Å²) >= 11 is 1.69. The Kier molecular flexibility index (Phi) is 5.25. The van der Waals surface area contributed by atoms with Crippen molar-refractivity contribution in [2.45, 2.75) is 19.3 Å². The highest BCUT2D eigenvalue weighted by atomic mass is 32.1. The van der Waals surface area contributed by atoms with E-state index in [0.717, 1.165) is 12.8 Å². The van der Waals surface area contributed by atoms with Gasteiger partial charge in [0.2, 0.25) is 5.91 Å². The Morgan fingerprint density at radius 1 is 1.57 bits per heavy atom. The van der Waals surface area contributed by atoms with Crippen LogP contribution in [-0.2, 0) is 11.2 Å². The van der Waals surface area contributed by atoms with Crippen LogP contribution >= 0.6 is 11.3 Å². The lowest BCUT2D eigenvalue weighted by Gasteiger charge is -2.02. The summed E-state index contributed by atoms with van der Waals surface area (Å²) in [6, 6.07) is 4.06. The molecule has 0 atom stereocenters. The summed E-state index contributed by atoms with van der Waals surface area (Å²) < 4.78 is 0. The maximum Gasteiger partial charge on any atom is 0.220 e. The van der Waals surface area contributed by atoms with Gasteiger partial charge in [-0.25, -0.2) is 0 Å². The first kappa shape index (κ1) is 11.2. The van der Waals surface area contributed by atoms with Gasteiger partial charge in [-0.1, -0.05) is 6.07 Å². The topological polar surface area (TPSA) is 55.1 Å². The van der Waals surface area contributed by atoms with Crippen LogP contribution in [0.15, 0.2) is 17.5 Å². The van der Waals surface area contributed by atoms with Crippen molar-refractivity contribution in [2.24, 2.45) is 5.73 Å². The highest BCUT2D eigenvalue weighted by Crippen LogP contribution is 2.10. The first-order valence-corrected chi connectivity index (χ1v) is 5.70. The maximum absolute atomic E-state index is 11.3. The van der Waals surface area contributed by atoms with Gasteiger partial charge in [-0.15, -0.1) is 11.3 Å². The van der Waals surface area contributed by atoms with Gasteiger partial charge < -0.3 is 11.1 Å². The molecule has 14 heavy (non-hydrogen) atoms. The van der Waals surface area contributed by atoms with E-state index in [9.17, 15) is 4.79 Å². The van der Waals surface area contributed by atoms with Crippen LogP contribution in [0.25, 0.3) is 0 Å². The molecule has 0 radical (unpaired) electrons. The summed E-state index contributed by atoms with van der Waals surface area (Å²) in [6.45, 7) is 1.32. The zero-order chi connectivity index (χ0) is 10.2. The minimum absolute atomic E-state index is 0.117. The molecule has 0 aliphatic carbocycles. The molecule has 4 heteroatoms. The van der Waals surface area contributed by atoms with Gasteiger partial charge in [0.15, 0.2) is 0 Å².